The number of aliphatic hydroxyl groups is 2. The van der Waals surface area contributed by atoms with Crippen molar-refractivity contribution in [1.29, 1.82) is 0 Å². The smallest absolute Gasteiger partial charge is 0.138 e. The Kier molecular flexibility index (Phi) is 5.91. The van der Waals surface area contributed by atoms with Gasteiger partial charge in [-0.15, -0.1) is 0 Å². The Bertz CT molecular complexity index is 677. The lowest BCUT2D eigenvalue weighted by atomic mass is 10.1. The van der Waals surface area contributed by atoms with Crippen molar-refractivity contribution in [2.75, 3.05) is 19.7 Å². The standard InChI is InChI=1S/C20H25NO4/c1-2-24-19-9-8-15(10-16(19)14-22)11-21-12-18(23)20(13-21)25-17-6-4-3-5-7-17/h3-10,18,20,22-23H,2,11-14H2,1H3/t18-,20-/m1/s1. The first-order chi connectivity index (χ1) is 12.2. The maximum Gasteiger partial charge on any atom is 0.138 e. The number of hydrogen-bond acceptors (Lipinski definition) is 5. The Hall–Kier alpha value is -2.08. The van der Waals surface area contributed by atoms with E-state index < -0.39 is 6.10 Å². The van der Waals surface area contributed by atoms with E-state index in [4.69, 9.17) is 9.47 Å². The van der Waals surface area contributed by atoms with Crippen molar-refractivity contribution in [1.82, 2.24) is 4.90 Å². The molecule has 0 radical (unpaired) electrons. The molecule has 2 atom stereocenters. The van der Waals surface area contributed by atoms with E-state index in [1.54, 1.807) is 0 Å². The van der Waals surface area contributed by atoms with Gasteiger partial charge in [-0.3, -0.25) is 4.90 Å². The summed E-state index contributed by atoms with van der Waals surface area (Å²) in [5.41, 5.74) is 1.87. The van der Waals surface area contributed by atoms with Gasteiger partial charge in [-0.25, -0.2) is 0 Å². The van der Waals surface area contributed by atoms with E-state index in [9.17, 15) is 10.2 Å². The van der Waals surface area contributed by atoms with Gasteiger partial charge in [0.1, 0.15) is 23.7 Å². The molecular formula is C20H25NO4. The predicted octanol–water partition coefficient (Wildman–Crippen LogP) is 2.20. The lowest BCUT2D eigenvalue weighted by Crippen LogP contribution is -2.29. The molecule has 2 N–H and O–H groups in total. The molecule has 1 fully saturated rings. The fourth-order valence-electron chi connectivity index (χ4n) is 3.16. The van der Waals surface area contributed by atoms with Crippen LogP contribution in [0.15, 0.2) is 48.5 Å². The molecule has 0 amide bonds. The highest BCUT2D eigenvalue weighted by Gasteiger charge is 2.33. The van der Waals surface area contributed by atoms with Gasteiger partial charge in [0.15, 0.2) is 0 Å². The number of nitrogens with zero attached hydrogens (tertiary/aromatic N) is 1. The zero-order chi connectivity index (χ0) is 17.6. The molecule has 3 rings (SSSR count). The van der Waals surface area contributed by atoms with E-state index in [1.165, 1.54) is 0 Å². The second-order valence-electron chi connectivity index (χ2n) is 6.26. The van der Waals surface area contributed by atoms with Crippen molar-refractivity contribution in [3.05, 3.63) is 59.7 Å². The number of likely N-dealkylation sites (tertiary alicyclic amines) is 1. The predicted molar refractivity (Wildman–Crippen MR) is 95.7 cm³/mol. The molecule has 2 aromatic rings. The van der Waals surface area contributed by atoms with E-state index in [0.29, 0.717) is 26.2 Å². The highest BCUT2D eigenvalue weighted by molar-refractivity contribution is 5.37. The molecule has 0 aromatic heterocycles. The summed E-state index contributed by atoms with van der Waals surface area (Å²) in [6, 6.07) is 15.4. The van der Waals surface area contributed by atoms with Crippen molar-refractivity contribution in [3.8, 4) is 11.5 Å². The van der Waals surface area contributed by atoms with Gasteiger partial charge in [0, 0.05) is 25.2 Å². The molecular weight excluding hydrogens is 318 g/mol. The van der Waals surface area contributed by atoms with Crippen molar-refractivity contribution in [3.63, 3.8) is 0 Å². The van der Waals surface area contributed by atoms with Crippen LogP contribution in [0, 0.1) is 0 Å². The van der Waals surface area contributed by atoms with Gasteiger partial charge in [0.2, 0.25) is 0 Å². The molecule has 1 aliphatic rings. The summed E-state index contributed by atoms with van der Waals surface area (Å²) in [6.07, 6.45) is -0.748. The fourth-order valence-corrected chi connectivity index (χ4v) is 3.16. The van der Waals surface area contributed by atoms with Crippen LogP contribution in [0.4, 0.5) is 0 Å². The highest BCUT2D eigenvalue weighted by atomic mass is 16.5. The number of ether oxygens (including phenoxy) is 2. The van der Waals surface area contributed by atoms with Crippen molar-refractivity contribution < 1.29 is 19.7 Å². The van der Waals surface area contributed by atoms with Gasteiger partial charge < -0.3 is 19.7 Å². The van der Waals surface area contributed by atoms with Gasteiger partial charge in [-0.1, -0.05) is 24.3 Å². The molecule has 0 spiro atoms. The average molecular weight is 343 g/mol. The molecule has 134 valence electrons. The quantitative estimate of drug-likeness (QED) is 0.807. The molecule has 0 unspecified atom stereocenters. The zero-order valence-electron chi connectivity index (χ0n) is 14.5. The SMILES string of the molecule is CCOc1ccc(CN2C[C@@H](O)[C@H](Oc3ccccc3)C2)cc1CO. The van der Waals surface area contributed by atoms with Gasteiger partial charge in [-0.05, 0) is 36.8 Å². The van der Waals surface area contributed by atoms with Crippen LogP contribution in [-0.2, 0) is 13.2 Å². The normalized spacial score (nSPS) is 20.6. The largest absolute Gasteiger partial charge is 0.494 e. The van der Waals surface area contributed by atoms with E-state index in [-0.39, 0.29) is 12.7 Å². The van der Waals surface area contributed by atoms with Crippen molar-refractivity contribution in [2.45, 2.75) is 32.3 Å². The number of aliphatic hydroxyl groups excluding tert-OH is 2. The second-order valence-corrected chi connectivity index (χ2v) is 6.26. The van der Waals surface area contributed by atoms with Gasteiger partial charge >= 0.3 is 0 Å². The molecule has 5 heteroatoms. The van der Waals surface area contributed by atoms with Gasteiger partial charge in [0.25, 0.3) is 0 Å². The maximum atomic E-state index is 10.3. The summed E-state index contributed by atoms with van der Waals surface area (Å²) in [6.45, 7) is 4.38. The Balaban J connectivity index is 1.62. The lowest BCUT2D eigenvalue weighted by molar-refractivity contribution is 0.0737. The van der Waals surface area contributed by atoms with Crippen LogP contribution in [0.1, 0.15) is 18.1 Å². The summed E-state index contributed by atoms with van der Waals surface area (Å²) in [5, 5.41) is 19.8. The molecule has 5 nitrogen and oxygen atoms in total. The van der Waals surface area contributed by atoms with Crippen molar-refractivity contribution in [2.24, 2.45) is 0 Å². The molecule has 25 heavy (non-hydrogen) atoms. The van der Waals surface area contributed by atoms with E-state index in [0.717, 1.165) is 22.6 Å². The number of rotatable bonds is 7. The topological polar surface area (TPSA) is 62.2 Å². The Labute approximate surface area is 148 Å². The first-order valence-electron chi connectivity index (χ1n) is 8.67. The summed E-state index contributed by atoms with van der Waals surface area (Å²) in [5.74, 6) is 1.50. The number of para-hydroxylation sites is 1. The number of hydrogen-bond donors (Lipinski definition) is 2. The van der Waals surface area contributed by atoms with Crippen LogP contribution in [-0.4, -0.2) is 47.0 Å². The minimum absolute atomic E-state index is 0.0501. The maximum absolute atomic E-state index is 10.3. The summed E-state index contributed by atoms with van der Waals surface area (Å²) < 4.78 is 11.4. The number of β-amino-alcohol motifs (C(OH)–C–C–N with tert-alkyl or cyclic N) is 1. The third-order valence-corrected chi connectivity index (χ3v) is 4.34. The molecule has 1 aliphatic heterocycles. The van der Waals surface area contributed by atoms with Crippen LogP contribution in [0.25, 0.3) is 0 Å². The highest BCUT2D eigenvalue weighted by Crippen LogP contribution is 2.24. The summed E-state index contributed by atoms with van der Waals surface area (Å²) in [7, 11) is 0. The minimum Gasteiger partial charge on any atom is -0.494 e. The zero-order valence-corrected chi connectivity index (χ0v) is 14.5. The van der Waals surface area contributed by atoms with Crippen LogP contribution in [0.3, 0.4) is 0 Å². The molecule has 0 bridgehead atoms. The third kappa shape index (κ3) is 4.51. The number of benzene rings is 2. The Morgan fingerprint density at radius 2 is 1.92 bits per heavy atom. The molecule has 1 heterocycles. The third-order valence-electron chi connectivity index (χ3n) is 4.34. The molecule has 0 aliphatic carbocycles. The van der Waals surface area contributed by atoms with Crippen LogP contribution in [0.2, 0.25) is 0 Å². The average Bonchev–Trinajstić information content (AvgIpc) is 2.96. The van der Waals surface area contributed by atoms with Crippen LogP contribution >= 0.6 is 0 Å². The van der Waals surface area contributed by atoms with Crippen LogP contribution in [0.5, 0.6) is 11.5 Å². The molecule has 2 aromatic carbocycles. The van der Waals surface area contributed by atoms with Gasteiger partial charge in [0.05, 0.1) is 13.2 Å². The van der Waals surface area contributed by atoms with E-state index >= 15 is 0 Å². The van der Waals surface area contributed by atoms with E-state index in [2.05, 4.69) is 4.90 Å². The fraction of sp³-hybridized carbons (Fsp3) is 0.400. The molecule has 1 saturated heterocycles. The van der Waals surface area contributed by atoms with E-state index in [1.807, 2.05) is 55.5 Å². The Morgan fingerprint density at radius 3 is 2.64 bits per heavy atom. The Morgan fingerprint density at radius 1 is 1.12 bits per heavy atom. The lowest BCUT2D eigenvalue weighted by Gasteiger charge is -2.18. The van der Waals surface area contributed by atoms with Crippen molar-refractivity contribution >= 4 is 0 Å². The van der Waals surface area contributed by atoms with Crippen LogP contribution < -0.4 is 9.47 Å². The summed E-state index contributed by atoms with van der Waals surface area (Å²) >= 11 is 0. The monoisotopic (exact) mass is 343 g/mol. The minimum atomic E-state index is -0.514. The summed E-state index contributed by atoms with van der Waals surface area (Å²) in [4.78, 5) is 2.16. The second kappa shape index (κ2) is 8.34. The molecule has 0 saturated carbocycles. The first kappa shape index (κ1) is 17.7. The first-order valence-corrected chi connectivity index (χ1v) is 8.67. The van der Waals surface area contributed by atoms with Gasteiger partial charge in [-0.2, -0.15) is 0 Å².